The first kappa shape index (κ1) is 18.7. The Balaban J connectivity index is 1.86. The monoisotopic (exact) mass is 392 g/mol. The second-order valence-corrected chi connectivity index (χ2v) is 9.42. The third-order valence-corrected chi connectivity index (χ3v) is 6.46. The van der Waals surface area contributed by atoms with Crippen LogP contribution in [0, 0.1) is 5.92 Å². The van der Waals surface area contributed by atoms with Crippen molar-refractivity contribution in [3.8, 4) is 0 Å². The number of aromatic nitrogens is 1. The number of nitrogens with one attached hydrogen (secondary N) is 1. The molecule has 1 heterocycles. The van der Waals surface area contributed by atoms with Crippen molar-refractivity contribution in [1.29, 1.82) is 0 Å². The molecule has 1 aromatic carbocycles. The minimum absolute atomic E-state index is 0.128. The fourth-order valence-corrected chi connectivity index (χ4v) is 4.40. The van der Waals surface area contributed by atoms with E-state index in [2.05, 4.69) is 10.3 Å². The van der Waals surface area contributed by atoms with Crippen LogP contribution in [-0.4, -0.2) is 31.3 Å². The molecule has 0 radical (unpaired) electrons. The molecule has 1 aromatic heterocycles. The van der Waals surface area contributed by atoms with E-state index in [-0.39, 0.29) is 22.5 Å². The van der Waals surface area contributed by atoms with Crippen LogP contribution in [0.1, 0.15) is 37.2 Å². The number of anilines is 1. The summed E-state index contributed by atoms with van der Waals surface area (Å²) in [6, 6.07) is 6.32. The van der Waals surface area contributed by atoms with Crippen LogP contribution in [0.25, 0.3) is 0 Å². The van der Waals surface area contributed by atoms with Gasteiger partial charge in [0.25, 0.3) is 0 Å². The standard InChI is InChI=1S/C18H20N2O4S2/c1-26(23,24)14-7-5-12(6-8-14)15(11-13-3-2-4-16(13)21)17(22)20-18-19-9-10-25-18/h5-10,13,15H,2-4,11H2,1H3,(H,19,20,22). The van der Waals surface area contributed by atoms with E-state index in [1.165, 1.54) is 23.5 Å². The van der Waals surface area contributed by atoms with Gasteiger partial charge in [0.2, 0.25) is 5.91 Å². The maximum absolute atomic E-state index is 12.8. The van der Waals surface area contributed by atoms with Crippen molar-refractivity contribution in [2.24, 2.45) is 5.92 Å². The molecule has 3 rings (SSSR count). The van der Waals surface area contributed by atoms with E-state index in [9.17, 15) is 18.0 Å². The van der Waals surface area contributed by atoms with E-state index in [0.29, 0.717) is 23.5 Å². The number of nitrogens with zero attached hydrogens (tertiary/aromatic N) is 1. The number of hydrogen-bond donors (Lipinski definition) is 1. The molecule has 0 spiro atoms. The summed E-state index contributed by atoms with van der Waals surface area (Å²) in [4.78, 5) is 29.1. The SMILES string of the molecule is CS(=O)(=O)c1ccc(C(CC2CCCC2=O)C(=O)Nc2nccs2)cc1. The number of rotatable bonds is 6. The molecule has 1 N–H and O–H groups in total. The Morgan fingerprint density at radius 1 is 1.35 bits per heavy atom. The molecule has 1 aliphatic rings. The average molecular weight is 393 g/mol. The normalized spacial score (nSPS) is 18.7. The number of benzene rings is 1. The van der Waals surface area contributed by atoms with Gasteiger partial charge in [-0.2, -0.15) is 0 Å². The van der Waals surface area contributed by atoms with Gasteiger partial charge in [0.05, 0.1) is 10.8 Å². The minimum atomic E-state index is -3.30. The smallest absolute Gasteiger partial charge is 0.233 e. The van der Waals surface area contributed by atoms with Crippen molar-refractivity contribution >= 4 is 38.0 Å². The predicted molar refractivity (Wildman–Crippen MR) is 100 cm³/mol. The van der Waals surface area contributed by atoms with Gasteiger partial charge in [0, 0.05) is 30.2 Å². The van der Waals surface area contributed by atoms with Gasteiger partial charge in [-0.05, 0) is 37.0 Å². The van der Waals surface area contributed by atoms with E-state index < -0.39 is 15.8 Å². The maximum Gasteiger partial charge on any atom is 0.233 e. The lowest BCUT2D eigenvalue weighted by Gasteiger charge is -2.19. The van der Waals surface area contributed by atoms with Gasteiger partial charge < -0.3 is 5.32 Å². The first-order valence-electron chi connectivity index (χ1n) is 8.37. The summed E-state index contributed by atoms with van der Waals surface area (Å²) in [7, 11) is -3.30. The maximum atomic E-state index is 12.8. The molecule has 138 valence electrons. The van der Waals surface area contributed by atoms with Crippen LogP contribution in [0.5, 0.6) is 0 Å². The number of amides is 1. The van der Waals surface area contributed by atoms with Crippen molar-refractivity contribution < 1.29 is 18.0 Å². The summed E-state index contributed by atoms with van der Waals surface area (Å²) in [6.45, 7) is 0. The van der Waals surface area contributed by atoms with E-state index in [0.717, 1.165) is 19.1 Å². The molecule has 2 aromatic rings. The third-order valence-electron chi connectivity index (χ3n) is 4.64. The van der Waals surface area contributed by atoms with Crippen molar-refractivity contribution in [1.82, 2.24) is 4.98 Å². The lowest BCUT2D eigenvalue weighted by atomic mass is 9.87. The Labute approximate surface area is 156 Å². The first-order valence-corrected chi connectivity index (χ1v) is 11.1. The third kappa shape index (κ3) is 4.37. The minimum Gasteiger partial charge on any atom is -0.301 e. The summed E-state index contributed by atoms with van der Waals surface area (Å²) >= 11 is 1.32. The summed E-state index contributed by atoms with van der Waals surface area (Å²) in [6.07, 6.45) is 5.40. The topological polar surface area (TPSA) is 93.2 Å². The van der Waals surface area contributed by atoms with Gasteiger partial charge in [-0.25, -0.2) is 13.4 Å². The molecule has 0 saturated heterocycles. The number of Topliss-reactive ketones (excluding diaryl/α,β-unsaturated/α-hetero) is 1. The second-order valence-electron chi connectivity index (χ2n) is 6.51. The van der Waals surface area contributed by atoms with Crippen LogP contribution in [-0.2, 0) is 19.4 Å². The lowest BCUT2D eigenvalue weighted by Crippen LogP contribution is -2.24. The number of hydrogen-bond acceptors (Lipinski definition) is 6. The molecule has 8 heteroatoms. The first-order chi connectivity index (χ1) is 12.3. The molecule has 1 amide bonds. The summed E-state index contributed by atoms with van der Waals surface area (Å²) in [5, 5.41) is 5.07. The number of ketones is 1. The molecular formula is C18H20N2O4S2. The van der Waals surface area contributed by atoms with Gasteiger partial charge in [-0.3, -0.25) is 9.59 Å². The predicted octanol–water partition coefficient (Wildman–Crippen LogP) is 3.03. The molecular weight excluding hydrogens is 372 g/mol. The summed E-state index contributed by atoms with van der Waals surface area (Å²) in [5.41, 5.74) is 0.700. The van der Waals surface area contributed by atoms with Gasteiger partial charge in [-0.1, -0.05) is 12.1 Å². The van der Waals surface area contributed by atoms with Gasteiger partial charge >= 0.3 is 0 Å². The Bertz CT molecular complexity index is 890. The van der Waals surface area contributed by atoms with Gasteiger partial charge in [-0.15, -0.1) is 11.3 Å². The van der Waals surface area contributed by atoms with Gasteiger partial charge in [0.1, 0.15) is 5.78 Å². The number of sulfone groups is 1. The Kier molecular flexibility index (Phi) is 5.52. The fraction of sp³-hybridized carbons (Fsp3) is 0.389. The van der Waals surface area contributed by atoms with Crippen molar-refractivity contribution in [3.05, 3.63) is 41.4 Å². The van der Waals surface area contributed by atoms with Crippen LogP contribution in [0.3, 0.4) is 0 Å². The molecule has 2 unspecified atom stereocenters. The zero-order valence-corrected chi connectivity index (χ0v) is 16.0. The quantitative estimate of drug-likeness (QED) is 0.816. The van der Waals surface area contributed by atoms with Crippen molar-refractivity contribution in [2.45, 2.75) is 36.5 Å². The molecule has 1 aliphatic carbocycles. The molecule has 0 bridgehead atoms. The van der Waals surface area contributed by atoms with Crippen LogP contribution in [0.15, 0.2) is 40.7 Å². The van der Waals surface area contributed by atoms with E-state index in [1.807, 2.05) is 0 Å². The number of carbonyl (C=O) groups is 2. The highest BCUT2D eigenvalue weighted by atomic mass is 32.2. The highest BCUT2D eigenvalue weighted by Gasteiger charge is 2.31. The van der Waals surface area contributed by atoms with Crippen LogP contribution >= 0.6 is 11.3 Å². The van der Waals surface area contributed by atoms with Crippen LogP contribution in [0.2, 0.25) is 0 Å². The summed E-state index contributed by atoms with van der Waals surface area (Å²) < 4.78 is 23.3. The molecule has 1 fully saturated rings. The van der Waals surface area contributed by atoms with Crippen LogP contribution in [0.4, 0.5) is 5.13 Å². The highest BCUT2D eigenvalue weighted by molar-refractivity contribution is 7.90. The van der Waals surface area contributed by atoms with E-state index in [1.54, 1.807) is 23.7 Å². The Morgan fingerprint density at radius 2 is 2.08 bits per heavy atom. The van der Waals surface area contributed by atoms with Gasteiger partial charge in [0.15, 0.2) is 15.0 Å². The summed E-state index contributed by atoms with van der Waals surface area (Å²) in [5.74, 6) is -0.687. The second kappa shape index (κ2) is 7.67. The van der Waals surface area contributed by atoms with E-state index in [4.69, 9.17) is 0 Å². The fourth-order valence-electron chi connectivity index (χ4n) is 3.24. The molecule has 26 heavy (non-hydrogen) atoms. The number of thiazole rings is 1. The average Bonchev–Trinajstić information content (AvgIpc) is 3.24. The molecule has 6 nitrogen and oxygen atoms in total. The van der Waals surface area contributed by atoms with E-state index >= 15 is 0 Å². The highest BCUT2D eigenvalue weighted by Crippen LogP contribution is 2.33. The zero-order valence-electron chi connectivity index (χ0n) is 14.3. The Hall–Kier alpha value is -2.06. The number of carbonyl (C=O) groups excluding carboxylic acids is 2. The molecule has 1 saturated carbocycles. The molecule has 2 atom stereocenters. The largest absolute Gasteiger partial charge is 0.301 e. The Morgan fingerprint density at radius 3 is 2.62 bits per heavy atom. The molecule has 0 aliphatic heterocycles. The van der Waals surface area contributed by atoms with Crippen molar-refractivity contribution in [3.63, 3.8) is 0 Å². The lowest BCUT2D eigenvalue weighted by molar-refractivity contribution is -0.121. The van der Waals surface area contributed by atoms with Crippen molar-refractivity contribution in [2.75, 3.05) is 11.6 Å². The van der Waals surface area contributed by atoms with Crippen LogP contribution < -0.4 is 5.32 Å². The zero-order chi connectivity index (χ0) is 18.7.